The molecule has 7 nitrogen and oxygen atoms in total. The zero-order valence-electron chi connectivity index (χ0n) is 17.7. The summed E-state index contributed by atoms with van der Waals surface area (Å²) in [4.78, 5) is 39.2. The summed E-state index contributed by atoms with van der Waals surface area (Å²) < 4.78 is 0. The van der Waals surface area contributed by atoms with Gasteiger partial charge in [-0.05, 0) is 36.6 Å². The van der Waals surface area contributed by atoms with E-state index in [9.17, 15) is 9.59 Å². The first-order chi connectivity index (χ1) is 15.1. The highest BCUT2D eigenvalue weighted by Crippen LogP contribution is 2.27. The molecule has 0 spiro atoms. The number of rotatable bonds is 6. The van der Waals surface area contributed by atoms with Crippen LogP contribution >= 0.6 is 11.3 Å². The van der Waals surface area contributed by atoms with Crippen molar-refractivity contribution in [2.75, 3.05) is 36.4 Å². The van der Waals surface area contributed by atoms with Crippen molar-refractivity contribution in [3.05, 3.63) is 48.2 Å². The van der Waals surface area contributed by atoms with Gasteiger partial charge in [-0.25, -0.2) is 9.97 Å². The standard InChI is InChI=1S/C23H27N5O2S/c1-2-17-7-3-4-8-18(17)25-20(29)10-11-21(30)27-13-6-14-28(16-15-27)23-26-19-9-5-12-24-22(19)31-23/h3-5,7-9,12H,2,6,10-11,13-16H2,1H3,(H,25,29). The first-order valence-corrected chi connectivity index (χ1v) is 11.6. The number of nitrogens with one attached hydrogen (secondary N) is 1. The van der Waals surface area contributed by atoms with Gasteiger partial charge in [-0.1, -0.05) is 36.5 Å². The van der Waals surface area contributed by atoms with Crippen LogP contribution in [0.4, 0.5) is 10.8 Å². The Balaban J connectivity index is 1.29. The summed E-state index contributed by atoms with van der Waals surface area (Å²) in [7, 11) is 0. The number of aryl methyl sites for hydroxylation is 1. The third-order valence-electron chi connectivity index (χ3n) is 5.51. The van der Waals surface area contributed by atoms with Gasteiger partial charge < -0.3 is 15.1 Å². The summed E-state index contributed by atoms with van der Waals surface area (Å²) in [5.74, 6) is -0.0839. The van der Waals surface area contributed by atoms with Crippen LogP contribution < -0.4 is 10.2 Å². The number of carbonyl (C=O) groups excluding carboxylic acids is 2. The molecule has 0 radical (unpaired) electrons. The van der Waals surface area contributed by atoms with Gasteiger partial charge in [0, 0.05) is 50.9 Å². The van der Waals surface area contributed by atoms with Crippen molar-refractivity contribution in [3.63, 3.8) is 0 Å². The molecule has 3 aromatic rings. The highest BCUT2D eigenvalue weighted by Gasteiger charge is 2.22. The number of aromatic nitrogens is 2. The molecule has 2 aromatic heterocycles. The molecule has 0 saturated carbocycles. The number of amides is 2. The lowest BCUT2D eigenvalue weighted by Crippen LogP contribution is -2.35. The molecule has 0 unspecified atom stereocenters. The van der Waals surface area contributed by atoms with Crippen LogP contribution in [0.3, 0.4) is 0 Å². The highest BCUT2D eigenvalue weighted by molar-refractivity contribution is 7.21. The lowest BCUT2D eigenvalue weighted by atomic mass is 10.1. The number of pyridine rings is 1. The summed E-state index contributed by atoms with van der Waals surface area (Å²) in [6, 6.07) is 11.6. The van der Waals surface area contributed by atoms with E-state index >= 15 is 0 Å². The Bertz CT molecular complexity index is 1030. The number of nitrogens with zero attached hydrogens (tertiary/aromatic N) is 4. The molecule has 1 fully saturated rings. The van der Waals surface area contributed by atoms with E-state index in [1.54, 1.807) is 17.5 Å². The molecule has 1 aliphatic rings. The fraction of sp³-hybridized carbons (Fsp3) is 0.391. The Hall–Kier alpha value is -3.00. The number of para-hydroxylation sites is 1. The van der Waals surface area contributed by atoms with Crippen molar-refractivity contribution in [1.29, 1.82) is 0 Å². The third kappa shape index (κ3) is 5.19. The number of thiazole rings is 1. The van der Waals surface area contributed by atoms with Crippen LogP contribution in [0, 0.1) is 0 Å². The molecule has 31 heavy (non-hydrogen) atoms. The molecule has 0 atom stereocenters. The Kier molecular flexibility index (Phi) is 6.76. The SMILES string of the molecule is CCc1ccccc1NC(=O)CCC(=O)N1CCCN(c2nc3cccnc3s2)CC1. The molecule has 0 bridgehead atoms. The van der Waals surface area contributed by atoms with E-state index in [0.717, 1.165) is 52.7 Å². The number of benzene rings is 1. The smallest absolute Gasteiger partial charge is 0.224 e. The summed E-state index contributed by atoms with van der Waals surface area (Å²) in [5.41, 5.74) is 2.84. The molecule has 1 aliphatic heterocycles. The average molecular weight is 438 g/mol. The maximum absolute atomic E-state index is 12.7. The number of anilines is 2. The van der Waals surface area contributed by atoms with E-state index in [4.69, 9.17) is 0 Å². The van der Waals surface area contributed by atoms with Gasteiger partial charge >= 0.3 is 0 Å². The minimum atomic E-state index is -0.118. The second-order valence-electron chi connectivity index (χ2n) is 7.60. The molecular weight excluding hydrogens is 410 g/mol. The minimum absolute atomic E-state index is 0.0340. The van der Waals surface area contributed by atoms with Gasteiger partial charge in [0.05, 0.1) is 0 Å². The molecule has 2 amide bonds. The molecule has 162 valence electrons. The maximum atomic E-state index is 12.7. The van der Waals surface area contributed by atoms with Crippen LogP contribution in [-0.4, -0.2) is 52.9 Å². The van der Waals surface area contributed by atoms with Crippen molar-refractivity contribution >= 4 is 44.3 Å². The number of carbonyl (C=O) groups is 2. The average Bonchev–Trinajstić information content (AvgIpc) is 3.07. The minimum Gasteiger partial charge on any atom is -0.346 e. The maximum Gasteiger partial charge on any atom is 0.224 e. The zero-order chi connectivity index (χ0) is 21.6. The summed E-state index contributed by atoms with van der Waals surface area (Å²) in [5, 5.41) is 3.90. The summed E-state index contributed by atoms with van der Waals surface area (Å²) in [6.45, 7) is 5.00. The van der Waals surface area contributed by atoms with Crippen molar-refractivity contribution in [3.8, 4) is 0 Å². The van der Waals surface area contributed by atoms with Crippen LogP contribution in [0.2, 0.25) is 0 Å². The summed E-state index contributed by atoms with van der Waals surface area (Å²) in [6.07, 6.45) is 3.94. The van der Waals surface area contributed by atoms with Gasteiger partial charge in [-0.2, -0.15) is 0 Å². The monoisotopic (exact) mass is 437 g/mol. The van der Waals surface area contributed by atoms with Gasteiger partial charge in [0.2, 0.25) is 11.8 Å². The Morgan fingerprint density at radius 2 is 1.94 bits per heavy atom. The van der Waals surface area contributed by atoms with E-state index < -0.39 is 0 Å². The molecule has 8 heteroatoms. The first kappa shape index (κ1) is 21.2. The Morgan fingerprint density at radius 3 is 2.77 bits per heavy atom. The summed E-state index contributed by atoms with van der Waals surface area (Å²) >= 11 is 1.59. The molecule has 1 N–H and O–H groups in total. The van der Waals surface area contributed by atoms with Gasteiger partial charge in [0.25, 0.3) is 0 Å². The van der Waals surface area contributed by atoms with Crippen molar-refractivity contribution < 1.29 is 9.59 Å². The van der Waals surface area contributed by atoms with Gasteiger partial charge in [-0.3, -0.25) is 9.59 Å². The van der Waals surface area contributed by atoms with Crippen LogP contribution in [-0.2, 0) is 16.0 Å². The van der Waals surface area contributed by atoms with Gasteiger partial charge in [0.1, 0.15) is 10.3 Å². The fourth-order valence-electron chi connectivity index (χ4n) is 3.79. The van der Waals surface area contributed by atoms with Gasteiger partial charge in [0.15, 0.2) is 5.13 Å². The number of hydrogen-bond acceptors (Lipinski definition) is 6. The molecular formula is C23H27N5O2S. The van der Waals surface area contributed by atoms with E-state index in [0.29, 0.717) is 13.1 Å². The molecule has 1 saturated heterocycles. The second kappa shape index (κ2) is 9.87. The number of fused-ring (bicyclic) bond motifs is 1. The largest absolute Gasteiger partial charge is 0.346 e. The van der Waals surface area contributed by atoms with Crippen LogP contribution in [0.15, 0.2) is 42.6 Å². The second-order valence-corrected chi connectivity index (χ2v) is 8.56. The van der Waals surface area contributed by atoms with Crippen molar-refractivity contribution in [2.24, 2.45) is 0 Å². The van der Waals surface area contributed by atoms with E-state index in [2.05, 4.69) is 27.1 Å². The van der Waals surface area contributed by atoms with Crippen molar-refractivity contribution in [2.45, 2.75) is 32.6 Å². The predicted octanol–water partition coefficient (Wildman–Crippen LogP) is 3.71. The topological polar surface area (TPSA) is 78.4 Å². The normalized spacial score (nSPS) is 14.5. The highest BCUT2D eigenvalue weighted by atomic mass is 32.1. The predicted molar refractivity (Wildman–Crippen MR) is 125 cm³/mol. The van der Waals surface area contributed by atoms with Crippen LogP contribution in [0.5, 0.6) is 0 Å². The number of hydrogen-bond donors (Lipinski definition) is 1. The lowest BCUT2D eigenvalue weighted by Gasteiger charge is -2.21. The van der Waals surface area contributed by atoms with E-state index in [1.807, 2.05) is 41.3 Å². The van der Waals surface area contributed by atoms with Crippen LogP contribution in [0.25, 0.3) is 10.3 Å². The first-order valence-electron chi connectivity index (χ1n) is 10.8. The fourth-order valence-corrected chi connectivity index (χ4v) is 4.75. The quantitative estimate of drug-likeness (QED) is 0.636. The third-order valence-corrected chi connectivity index (χ3v) is 6.55. The van der Waals surface area contributed by atoms with Gasteiger partial charge in [-0.15, -0.1) is 0 Å². The van der Waals surface area contributed by atoms with E-state index in [1.165, 1.54) is 0 Å². The van der Waals surface area contributed by atoms with E-state index in [-0.39, 0.29) is 24.7 Å². The molecule has 0 aliphatic carbocycles. The van der Waals surface area contributed by atoms with Crippen molar-refractivity contribution in [1.82, 2.24) is 14.9 Å². The lowest BCUT2D eigenvalue weighted by molar-refractivity contribution is -0.132. The molecule has 1 aromatic carbocycles. The molecule has 3 heterocycles. The zero-order valence-corrected chi connectivity index (χ0v) is 18.5. The molecule has 4 rings (SSSR count). The Labute approximate surface area is 186 Å². The van der Waals surface area contributed by atoms with Crippen LogP contribution in [0.1, 0.15) is 31.7 Å². The Morgan fingerprint density at radius 1 is 1.06 bits per heavy atom.